The van der Waals surface area contributed by atoms with E-state index in [1.165, 1.54) is 12.3 Å². The first-order chi connectivity index (χ1) is 11.7. The fraction of sp³-hybridized carbons (Fsp3) is 0.444. The summed E-state index contributed by atoms with van der Waals surface area (Å²) in [6, 6.07) is 6.60. The molecule has 0 unspecified atom stereocenters. The van der Waals surface area contributed by atoms with Gasteiger partial charge in [-0.05, 0) is 25.0 Å². The van der Waals surface area contributed by atoms with Crippen LogP contribution in [0, 0.1) is 5.82 Å². The Morgan fingerprint density at radius 1 is 1.42 bits per heavy atom. The summed E-state index contributed by atoms with van der Waals surface area (Å²) in [6.07, 6.45) is 3.28. The van der Waals surface area contributed by atoms with Crippen LogP contribution < -0.4 is 5.32 Å². The molecule has 0 spiro atoms. The van der Waals surface area contributed by atoms with E-state index in [0.29, 0.717) is 16.5 Å². The van der Waals surface area contributed by atoms with Gasteiger partial charge in [-0.3, -0.25) is 9.78 Å². The number of ether oxygens (including phenoxy) is 1. The average molecular weight is 331 g/mol. The van der Waals surface area contributed by atoms with Crippen LogP contribution in [0.5, 0.6) is 0 Å². The molecule has 2 heterocycles. The van der Waals surface area contributed by atoms with E-state index in [1.54, 1.807) is 25.3 Å². The summed E-state index contributed by atoms with van der Waals surface area (Å²) in [5.74, 6) is -0.521. The van der Waals surface area contributed by atoms with Crippen LogP contribution in [-0.4, -0.2) is 55.2 Å². The molecule has 0 aliphatic carbocycles. The van der Waals surface area contributed by atoms with Crippen LogP contribution in [-0.2, 0) is 4.74 Å². The molecule has 1 amide bonds. The molecule has 1 aromatic heterocycles. The highest BCUT2D eigenvalue weighted by atomic mass is 19.1. The monoisotopic (exact) mass is 331 g/mol. The number of rotatable bonds is 5. The summed E-state index contributed by atoms with van der Waals surface area (Å²) in [6.45, 7) is 3.57. The average Bonchev–Trinajstić information content (AvgIpc) is 2.61. The van der Waals surface area contributed by atoms with Gasteiger partial charge in [0, 0.05) is 44.4 Å². The molecule has 128 valence electrons. The smallest absolute Gasteiger partial charge is 0.253 e. The van der Waals surface area contributed by atoms with Crippen LogP contribution >= 0.6 is 0 Å². The third kappa shape index (κ3) is 3.88. The minimum Gasteiger partial charge on any atom is -0.383 e. The Hall–Kier alpha value is -2.05. The molecule has 0 bridgehead atoms. The van der Waals surface area contributed by atoms with Crippen molar-refractivity contribution in [1.29, 1.82) is 0 Å². The zero-order valence-electron chi connectivity index (χ0n) is 13.8. The number of methoxy groups -OCH3 is 1. The van der Waals surface area contributed by atoms with Gasteiger partial charge < -0.3 is 15.0 Å². The van der Waals surface area contributed by atoms with Crippen molar-refractivity contribution in [1.82, 2.24) is 15.2 Å². The predicted molar refractivity (Wildman–Crippen MR) is 90.5 cm³/mol. The lowest BCUT2D eigenvalue weighted by atomic mass is 10.0. The standard InChI is InChI=1S/C18H22FN3O2/c1-24-10-9-22-7-5-15(6-8-22)21-18(23)14-11-13-3-2-4-16(19)17(13)20-12-14/h2-4,11-12,15H,5-10H2,1H3,(H,21,23). The van der Waals surface area contributed by atoms with Gasteiger partial charge in [-0.25, -0.2) is 4.39 Å². The Kier molecular flexibility index (Phi) is 5.37. The van der Waals surface area contributed by atoms with Crippen molar-refractivity contribution >= 4 is 16.8 Å². The number of fused-ring (bicyclic) bond motifs is 1. The normalized spacial score (nSPS) is 16.4. The van der Waals surface area contributed by atoms with Gasteiger partial charge >= 0.3 is 0 Å². The van der Waals surface area contributed by atoms with Gasteiger partial charge in [0.25, 0.3) is 5.91 Å². The Morgan fingerprint density at radius 2 is 2.21 bits per heavy atom. The van der Waals surface area contributed by atoms with E-state index in [2.05, 4.69) is 15.2 Å². The highest BCUT2D eigenvalue weighted by Crippen LogP contribution is 2.17. The highest BCUT2D eigenvalue weighted by Gasteiger charge is 2.21. The van der Waals surface area contributed by atoms with Gasteiger partial charge in [0.1, 0.15) is 11.3 Å². The topological polar surface area (TPSA) is 54.5 Å². The summed E-state index contributed by atoms with van der Waals surface area (Å²) in [7, 11) is 1.70. The lowest BCUT2D eigenvalue weighted by Crippen LogP contribution is -2.45. The number of aromatic nitrogens is 1. The van der Waals surface area contributed by atoms with Crippen LogP contribution in [0.2, 0.25) is 0 Å². The molecule has 1 fully saturated rings. The number of halogens is 1. The van der Waals surface area contributed by atoms with E-state index >= 15 is 0 Å². The molecule has 6 heteroatoms. The van der Waals surface area contributed by atoms with E-state index in [9.17, 15) is 9.18 Å². The molecule has 0 atom stereocenters. The molecule has 1 aliphatic heterocycles. The van der Waals surface area contributed by atoms with Crippen LogP contribution in [0.25, 0.3) is 10.9 Å². The zero-order chi connectivity index (χ0) is 16.9. The van der Waals surface area contributed by atoms with Crippen LogP contribution in [0.15, 0.2) is 30.5 Å². The van der Waals surface area contributed by atoms with Crippen molar-refractivity contribution in [3.05, 3.63) is 41.8 Å². The molecule has 1 aliphatic rings. The number of para-hydroxylation sites is 1. The molecule has 5 nitrogen and oxygen atoms in total. The Morgan fingerprint density at radius 3 is 2.96 bits per heavy atom. The number of carbonyl (C=O) groups excluding carboxylic acids is 1. The number of benzene rings is 1. The van der Waals surface area contributed by atoms with Crippen molar-refractivity contribution in [2.75, 3.05) is 33.4 Å². The molecule has 1 aromatic carbocycles. The summed E-state index contributed by atoms with van der Waals surface area (Å²) in [5.41, 5.74) is 0.760. The second-order valence-corrected chi connectivity index (χ2v) is 6.12. The number of pyridine rings is 1. The molecular weight excluding hydrogens is 309 g/mol. The molecule has 24 heavy (non-hydrogen) atoms. The molecule has 0 radical (unpaired) electrons. The number of carbonyl (C=O) groups is 1. The van der Waals surface area contributed by atoms with Crippen LogP contribution in [0.3, 0.4) is 0 Å². The number of hydrogen-bond acceptors (Lipinski definition) is 4. The SMILES string of the molecule is COCCN1CCC(NC(=O)c2cnc3c(F)cccc3c2)CC1. The maximum atomic E-state index is 13.6. The second kappa shape index (κ2) is 7.68. The van der Waals surface area contributed by atoms with Crippen molar-refractivity contribution in [3.63, 3.8) is 0 Å². The van der Waals surface area contributed by atoms with Crippen molar-refractivity contribution in [2.24, 2.45) is 0 Å². The van der Waals surface area contributed by atoms with Gasteiger partial charge in [-0.1, -0.05) is 12.1 Å². The van der Waals surface area contributed by atoms with Gasteiger partial charge in [0.2, 0.25) is 0 Å². The predicted octanol–water partition coefficient (Wildman–Crippen LogP) is 2.21. The minimum atomic E-state index is -0.372. The fourth-order valence-corrected chi connectivity index (χ4v) is 3.04. The Balaban J connectivity index is 1.60. The third-order valence-corrected chi connectivity index (χ3v) is 4.46. The summed E-state index contributed by atoms with van der Waals surface area (Å²) < 4.78 is 18.7. The number of piperidine rings is 1. The van der Waals surface area contributed by atoms with Crippen molar-refractivity contribution in [3.8, 4) is 0 Å². The molecule has 1 saturated heterocycles. The van der Waals surface area contributed by atoms with Crippen LogP contribution in [0.1, 0.15) is 23.2 Å². The number of hydrogen-bond donors (Lipinski definition) is 1. The lowest BCUT2D eigenvalue weighted by Gasteiger charge is -2.32. The second-order valence-electron chi connectivity index (χ2n) is 6.12. The number of nitrogens with zero attached hydrogens (tertiary/aromatic N) is 2. The first-order valence-corrected chi connectivity index (χ1v) is 8.24. The first-order valence-electron chi connectivity index (χ1n) is 8.24. The minimum absolute atomic E-state index is 0.149. The molecule has 1 N–H and O–H groups in total. The number of likely N-dealkylation sites (tertiary alicyclic amines) is 1. The Labute approximate surface area is 140 Å². The highest BCUT2D eigenvalue weighted by molar-refractivity contribution is 5.97. The quantitative estimate of drug-likeness (QED) is 0.913. The summed E-state index contributed by atoms with van der Waals surface area (Å²) in [4.78, 5) is 18.8. The maximum Gasteiger partial charge on any atom is 0.253 e. The number of amides is 1. The number of nitrogens with one attached hydrogen (secondary N) is 1. The van der Waals surface area contributed by atoms with Gasteiger partial charge in [0.15, 0.2) is 0 Å². The van der Waals surface area contributed by atoms with E-state index in [0.717, 1.165) is 39.1 Å². The third-order valence-electron chi connectivity index (χ3n) is 4.46. The van der Waals surface area contributed by atoms with E-state index in [4.69, 9.17) is 4.74 Å². The summed E-state index contributed by atoms with van der Waals surface area (Å²) >= 11 is 0. The Bertz CT molecular complexity index is 714. The fourth-order valence-electron chi connectivity index (χ4n) is 3.04. The van der Waals surface area contributed by atoms with Gasteiger partial charge in [0.05, 0.1) is 12.2 Å². The maximum absolute atomic E-state index is 13.6. The van der Waals surface area contributed by atoms with Gasteiger partial charge in [-0.15, -0.1) is 0 Å². The summed E-state index contributed by atoms with van der Waals surface area (Å²) in [5, 5.41) is 3.70. The van der Waals surface area contributed by atoms with Crippen molar-refractivity contribution in [2.45, 2.75) is 18.9 Å². The molecule has 3 rings (SSSR count). The lowest BCUT2D eigenvalue weighted by molar-refractivity contribution is 0.0892. The molecule has 0 saturated carbocycles. The van der Waals surface area contributed by atoms with E-state index in [1.807, 2.05) is 0 Å². The molecule has 2 aromatic rings. The first kappa shape index (κ1) is 16.8. The zero-order valence-corrected chi connectivity index (χ0v) is 13.8. The largest absolute Gasteiger partial charge is 0.383 e. The molecular formula is C18H22FN3O2. The van der Waals surface area contributed by atoms with Gasteiger partial charge in [-0.2, -0.15) is 0 Å². The van der Waals surface area contributed by atoms with Crippen LogP contribution in [0.4, 0.5) is 4.39 Å². The van der Waals surface area contributed by atoms with E-state index in [-0.39, 0.29) is 17.8 Å². The van der Waals surface area contributed by atoms with E-state index < -0.39 is 0 Å². The van der Waals surface area contributed by atoms with Crippen molar-refractivity contribution < 1.29 is 13.9 Å².